The van der Waals surface area contributed by atoms with Crippen LogP contribution in [0.15, 0.2) is 0 Å². The van der Waals surface area contributed by atoms with Crippen molar-refractivity contribution in [1.29, 1.82) is 0 Å². The van der Waals surface area contributed by atoms with Gasteiger partial charge in [-0.2, -0.15) is 0 Å². The van der Waals surface area contributed by atoms with E-state index in [9.17, 15) is 14.4 Å². The maximum Gasteiger partial charge on any atom is 0.329 e. The van der Waals surface area contributed by atoms with Crippen LogP contribution in [-0.4, -0.2) is 42.3 Å². The smallest absolute Gasteiger partial charge is 0.329 e. The van der Waals surface area contributed by atoms with E-state index in [2.05, 4.69) is 15.4 Å². The third-order valence-corrected chi connectivity index (χ3v) is 4.74. The van der Waals surface area contributed by atoms with Crippen LogP contribution >= 0.6 is 0 Å². The van der Waals surface area contributed by atoms with Crippen LogP contribution < -0.4 is 10.6 Å². The third-order valence-electron chi connectivity index (χ3n) is 4.74. The molecule has 0 spiro atoms. The molecule has 20 heavy (non-hydrogen) atoms. The van der Waals surface area contributed by atoms with Gasteiger partial charge in [-0.1, -0.05) is 0 Å². The Hall–Kier alpha value is -1.63. The largest absolute Gasteiger partial charge is 0.480 e. The molecule has 110 valence electrons. The first-order valence-electron chi connectivity index (χ1n) is 6.96. The van der Waals surface area contributed by atoms with Gasteiger partial charge in [-0.05, 0) is 42.9 Å². The second kappa shape index (κ2) is 5.05. The molecule has 0 aromatic carbocycles. The predicted molar refractivity (Wildman–Crippen MR) is 66.7 cm³/mol. The standard InChI is InChI=1S/C13H18N2O5/c16-8(4-20-5-9(17)18)14-13(19)15-12-10-6-1-2-7(3-6)11(10)12/h6-7,10-12H,1-5H2,(H,17,18)(H2,14,15,16,19). The van der Waals surface area contributed by atoms with Crippen molar-refractivity contribution >= 4 is 17.9 Å². The van der Waals surface area contributed by atoms with E-state index in [1.54, 1.807) is 0 Å². The number of carboxylic acids is 1. The van der Waals surface area contributed by atoms with E-state index >= 15 is 0 Å². The highest BCUT2D eigenvalue weighted by molar-refractivity contribution is 5.95. The van der Waals surface area contributed by atoms with E-state index in [4.69, 9.17) is 5.11 Å². The quantitative estimate of drug-likeness (QED) is 0.656. The van der Waals surface area contributed by atoms with Gasteiger partial charge in [-0.25, -0.2) is 9.59 Å². The second-order valence-corrected chi connectivity index (χ2v) is 5.92. The Kier molecular flexibility index (Phi) is 3.37. The highest BCUT2D eigenvalue weighted by Crippen LogP contribution is 2.65. The van der Waals surface area contributed by atoms with Crippen LogP contribution in [-0.2, 0) is 14.3 Å². The molecular formula is C13H18N2O5. The van der Waals surface area contributed by atoms with Gasteiger partial charge in [0.1, 0.15) is 13.2 Å². The average molecular weight is 282 g/mol. The molecule has 0 heterocycles. The van der Waals surface area contributed by atoms with E-state index < -0.39 is 31.1 Å². The van der Waals surface area contributed by atoms with E-state index in [0.717, 1.165) is 11.8 Å². The van der Waals surface area contributed by atoms with E-state index in [1.807, 2.05) is 0 Å². The average Bonchev–Trinajstić information content (AvgIpc) is 2.78. The lowest BCUT2D eigenvalue weighted by Gasteiger charge is -2.11. The number of hydrogen-bond acceptors (Lipinski definition) is 4. The van der Waals surface area contributed by atoms with Crippen molar-refractivity contribution < 1.29 is 24.2 Å². The summed E-state index contributed by atoms with van der Waals surface area (Å²) in [4.78, 5) is 33.2. The molecule has 0 aromatic rings. The van der Waals surface area contributed by atoms with Crippen molar-refractivity contribution in [2.45, 2.75) is 25.3 Å². The number of fused-ring (bicyclic) bond motifs is 5. The minimum absolute atomic E-state index is 0.217. The highest BCUT2D eigenvalue weighted by Gasteiger charge is 2.65. The summed E-state index contributed by atoms with van der Waals surface area (Å²) in [5.41, 5.74) is 0. The summed E-state index contributed by atoms with van der Waals surface area (Å²) >= 11 is 0. The number of carbonyl (C=O) groups is 3. The zero-order valence-corrected chi connectivity index (χ0v) is 11.0. The molecule has 3 fully saturated rings. The van der Waals surface area contributed by atoms with Crippen LogP contribution in [0.5, 0.6) is 0 Å². The molecule has 7 nitrogen and oxygen atoms in total. The minimum Gasteiger partial charge on any atom is -0.480 e. The van der Waals surface area contributed by atoms with E-state index in [-0.39, 0.29) is 6.04 Å². The van der Waals surface area contributed by atoms with Crippen LogP contribution in [0.4, 0.5) is 4.79 Å². The summed E-state index contributed by atoms with van der Waals surface area (Å²) in [5, 5.41) is 13.3. The normalized spacial score (nSPS) is 36.3. The summed E-state index contributed by atoms with van der Waals surface area (Å²) in [7, 11) is 0. The number of carboxylic acid groups (broad SMARTS) is 1. The molecule has 0 saturated heterocycles. The van der Waals surface area contributed by atoms with Crippen LogP contribution in [0.3, 0.4) is 0 Å². The maximum atomic E-state index is 11.7. The molecule has 2 bridgehead atoms. The fraction of sp³-hybridized carbons (Fsp3) is 0.769. The topological polar surface area (TPSA) is 105 Å². The monoisotopic (exact) mass is 282 g/mol. The van der Waals surface area contributed by atoms with Gasteiger partial charge in [-0.3, -0.25) is 10.1 Å². The van der Waals surface area contributed by atoms with Gasteiger partial charge in [0.25, 0.3) is 5.91 Å². The number of nitrogens with one attached hydrogen (secondary N) is 2. The van der Waals surface area contributed by atoms with Gasteiger partial charge in [0.05, 0.1) is 0 Å². The molecule has 3 N–H and O–H groups in total. The molecule has 3 amide bonds. The van der Waals surface area contributed by atoms with Crippen LogP contribution in [0.2, 0.25) is 0 Å². The van der Waals surface area contributed by atoms with Crippen LogP contribution in [0, 0.1) is 23.7 Å². The SMILES string of the molecule is O=C(O)COCC(=O)NC(=O)NC1C2C3CCC(C3)C12. The number of aliphatic carboxylic acids is 1. The number of urea groups is 1. The Morgan fingerprint density at radius 1 is 1.10 bits per heavy atom. The number of rotatable bonds is 5. The molecule has 0 aliphatic heterocycles. The van der Waals surface area contributed by atoms with Crippen LogP contribution in [0.1, 0.15) is 19.3 Å². The Morgan fingerprint density at radius 2 is 1.75 bits per heavy atom. The number of amides is 3. The zero-order chi connectivity index (χ0) is 14.3. The van der Waals surface area contributed by atoms with E-state index in [1.165, 1.54) is 19.3 Å². The summed E-state index contributed by atoms with van der Waals surface area (Å²) < 4.78 is 4.61. The van der Waals surface area contributed by atoms with Gasteiger partial charge in [0.15, 0.2) is 0 Å². The van der Waals surface area contributed by atoms with Crippen molar-refractivity contribution in [3.63, 3.8) is 0 Å². The Morgan fingerprint density at radius 3 is 2.35 bits per heavy atom. The lowest BCUT2D eigenvalue weighted by molar-refractivity contribution is -0.143. The fourth-order valence-corrected chi connectivity index (χ4v) is 4.10. The number of ether oxygens (including phenoxy) is 1. The summed E-state index contributed by atoms with van der Waals surface area (Å²) in [5.74, 6) is 0.951. The highest BCUT2D eigenvalue weighted by atomic mass is 16.5. The molecular weight excluding hydrogens is 264 g/mol. The van der Waals surface area contributed by atoms with E-state index in [0.29, 0.717) is 11.8 Å². The fourth-order valence-electron chi connectivity index (χ4n) is 4.10. The van der Waals surface area contributed by atoms with Gasteiger partial charge in [0.2, 0.25) is 0 Å². The number of imide groups is 1. The lowest BCUT2D eigenvalue weighted by Crippen LogP contribution is -2.43. The number of carbonyl (C=O) groups excluding carboxylic acids is 2. The Balaban J connectivity index is 1.36. The van der Waals surface area contributed by atoms with Gasteiger partial charge in [-0.15, -0.1) is 0 Å². The molecule has 3 rings (SSSR count). The summed E-state index contributed by atoms with van der Waals surface area (Å²) in [6.07, 6.45) is 3.85. The Labute approximate surface area is 116 Å². The maximum absolute atomic E-state index is 11.7. The first-order valence-corrected chi connectivity index (χ1v) is 6.96. The molecule has 7 heteroatoms. The minimum atomic E-state index is -1.15. The molecule has 0 aromatic heterocycles. The predicted octanol–water partition coefficient (Wildman–Crippen LogP) is -0.0421. The molecule has 4 atom stereocenters. The van der Waals surface area contributed by atoms with Crippen molar-refractivity contribution in [2.24, 2.45) is 23.7 Å². The summed E-state index contributed by atoms with van der Waals surface area (Å²) in [6, 6.07) is -0.290. The second-order valence-electron chi connectivity index (χ2n) is 5.92. The lowest BCUT2D eigenvalue weighted by atomic mass is 10.0. The molecule has 3 saturated carbocycles. The van der Waals surface area contributed by atoms with Gasteiger partial charge >= 0.3 is 12.0 Å². The van der Waals surface area contributed by atoms with Gasteiger partial charge in [0, 0.05) is 6.04 Å². The number of hydrogen-bond donors (Lipinski definition) is 3. The Bertz CT molecular complexity index is 436. The van der Waals surface area contributed by atoms with Crippen molar-refractivity contribution in [3.8, 4) is 0 Å². The summed E-state index contributed by atoms with van der Waals surface area (Å²) in [6.45, 7) is -0.979. The molecule has 4 unspecified atom stereocenters. The van der Waals surface area contributed by atoms with Crippen molar-refractivity contribution in [2.75, 3.05) is 13.2 Å². The van der Waals surface area contributed by atoms with Crippen LogP contribution in [0.25, 0.3) is 0 Å². The van der Waals surface area contributed by atoms with Crippen molar-refractivity contribution in [1.82, 2.24) is 10.6 Å². The first-order chi connectivity index (χ1) is 9.56. The molecule has 0 radical (unpaired) electrons. The molecule has 3 aliphatic rings. The van der Waals surface area contributed by atoms with Crippen molar-refractivity contribution in [3.05, 3.63) is 0 Å². The first kappa shape index (κ1) is 13.4. The zero-order valence-electron chi connectivity index (χ0n) is 11.0. The van der Waals surface area contributed by atoms with Gasteiger partial charge < -0.3 is 15.2 Å². The molecule has 3 aliphatic carbocycles. The third kappa shape index (κ3) is 2.49.